The summed E-state index contributed by atoms with van der Waals surface area (Å²) in [6, 6.07) is 8.58. The van der Waals surface area contributed by atoms with Gasteiger partial charge in [0.15, 0.2) is 0 Å². The predicted molar refractivity (Wildman–Crippen MR) is 203 cm³/mol. The average molecular weight is 635 g/mol. The van der Waals surface area contributed by atoms with E-state index in [1.807, 2.05) is 6.07 Å². The predicted octanol–water partition coefficient (Wildman–Crippen LogP) is 14.1. The summed E-state index contributed by atoms with van der Waals surface area (Å²) in [5, 5.41) is 22.5. The molecular formula is C44H74O2. The minimum Gasteiger partial charge on any atom is -0.508 e. The van der Waals surface area contributed by atoms with Gasteiger partial charge in [0.05, 0.1) is 0 Å². The van der Waals surface area contributed by atoms with Gasteiger partial charge in [-0.2, -0.15) is 0 Å². The second-order valence-electron chi connectivity index (χ2n) is 15.3. The molecule has 2 heteroatoms. The van der Waals surface area contributed by atoms with Gasteiger partial charge in [0.1, 0.15) is 11.5 Å². The van der Waals surface area contributed by atoms with Gasteiger partial charge in [-0.25, -0.2) is 0 Å². The molecule has 2 aromatic rings. The summed E-state index contributed by atoms with van der Waals surface area (Å²) in [4.78, 5) is 0. The lowest BCUT2D eigenvalue weighted by Gasteiger charge is -2.23. The van der Waals surface area contributed by atoms with Crippen molar-refractivity contribution in [1.82, 2.24) is 0 Å². The van der Waals surface area contributed by atoms with Crippen LogP contribution in [0.5, 0.6) is 11.5 Å². The molecule has 0 aromatic heterocycles. The summed E-state index contributed by atoms with van der Waals surface area (Å²) in [6.07, 6.45) is 30.2. The third-order valence-corrected chi connectivity index (χ3v) is 9.81. The Balaban J connectivity index is 2.13. The molecule has 0 saturated heterocycles. The molecule has 0 aliphatic rings. The molecule has 2 rings (SSSR count). The van der Waals surface area contributed by atoms with Crippen LogP contribution in [0.1, 0.15) is 192 Å². The number of aromatic hydroxyl groups is 2. The van der Waals surface area contributed by atoms with Gasteiger partial charge in [0.2, 0.25) is 0 Å². The lowest BCUT2D eigenvalue weighted by Crippen LogP contribution is -2.08. The molecule has 0 spiro atoms. The number of aryl methyl sites for hydroxylation is 2. The van der Waals surface area contributed by atoms with Crippen molar-refractivity contribution in [2.24, 2.45) is 11.8 Å². The van der Waals surface area contributed by atoms with Gasteiger partial charge < -0.3 is 10.2 Å². The number of phenolic OH excluding ortho intramolecular Hbond substituents is 2. The fourth-order valence-electron chi connectivity index (χ4n) is 7.11. The molecule has 0 amide bonds. The SMILES string of the molecule is CCCCCCCCCCCCc1cc(-c2cc(CCCCCCCCCCCC)c(O)c(CC(C)C)c2CC(C)C)ccc1O. The van der Waals surface area contributed by atoms with Crippen LogP contribution in [0.3, 0.4) is 0 Å². The first-order valence-corrected chi connectivity index (χ1v) is 20.0. The van der Waals surface area contributed by atoms with E-state index in [2.05, 4.69) is 59.7 Å². The van der Waals surface area contributed by atoms with Crippen molar-refractivity contribution in [3.05, 3.63) is 46.5 Å². The maximum atomic E-state index is 11.7. The van der Waals surface area contributed by atoms with Gasteiger partial charge in [-0.05, 0) is 102 Å². The van der Waals surface area contributed by atoms with Gasteiger partial charge in [0, 0.05) is 0 Å². The summed E-state index contributed by atoms with van der Waals surface area (Å²) in [7, 11) is 0. The van der Waals surface area contributed by atoms with Gasteiger partial charge in [-0.3, -0.25) is 0 Å². The summed E-state index contributed by atoms with van der Waals surface area (Å²) in [5.41, 5.74) is 7.12. The van der Waals surface area contributed by atoms with E-state index in [9.17, 15) is 10.2 Å². The first kappa shape index (κ1) is 40.2. The number of unbranched alkanes of at least 4 members (excludes halogenated alkanes) is 18. The highest BCUT2D eigenvalue weighted by molar-refractivity contribution is 5.73. The van der Waals surface area contributed by atoms with Crippen molar-refractivity contribution >= 4 is 0 Å². The highest BCUT2D eigenvalue weighted by Gasteiger charge is 2.21. The smallest absolute Gasteiger partial charge is 0.122 e. The van der Waals surface area contributed by atoms with Crippen LogP contribution >= 0.6 is 0 Å². The quantitative estimate of drug-likeness (QED) is 0.0960. The Bertz CT molecular complexity index is 1070. The van der Waals surface area contributed by atoms with E-state index in [4.69, 9.17) is 0 Å². The largest absolute Gasteiger partial charge is 0.508 e. The number of benzene rings is 2. The normalized spacial score (nSPS) is 11.7. The topological polar surface area (TPSA) is 40.5 Å². The van der Waals surface area contributed by atoms with Crippen LogP contribution in [-0.2, 0) is 25.7 Å². The highest BCUT2D eigenvalue weighted by atomic mass is 16.3. The molecule has 0 aliphatic carbocycles. The van der Waals surface area contributed by atoms with Gasteiger partial charge in [0.25, 0.3) is 0 Å². The van der Waals surface area contributed by atoms with E-state index in [1.54, 1.807) is 0 Å². The van der Waals surface area contributed by atoms with E-state index in [0.29, 0.717) is 23.3 Å². The van der Waals surface area contributed by atoms with Gasteiger partial charge in [-0.15, -0.1) is 0 Å². The molecule has 2 nitrogen and oxygen atoms in total. The number of rotatable bonds is 27. The Labute approximate surface area is 286 Å². The van der Waals surface area contributed by atoms with Gasteiger partial charge >= 0.3 is 0 Å². The standard InChI is InChI=1S/C44H74O2/c1-7-9-11-13-15-17-19-21-23-25-27-38-33-37(29-30-43(38)45)40-34-39(28-26-24-22-20-18-16-14-12-10-8-2)44(46)42(32-36(5)6)41(40)31-35(3)4/h29-30,33-36,45-46H,7-28,31-32H2,1-6H3. The zero-order valence-electron chi connectivity index (χ0n) is 31.3. The highest BCUT2D eigenvalue weighted by Crippen LogP contribution is 2.40. The van der Waals surface area contributed by atoms with E-state index < -0.39 is 0 Å². The van der Waals surface area contributed by atoms with Crippen LogP contribution < -0.4 is 0 Å². The Morgan fingerprint density at radius 3 is 1.35 bits per heavy atom. The first-order chi connectivity index (χ1) is 22.3. The Morgan fingerprint density at radius 2 is 0.891 bits per heavy atom. The van der Waals surface area contributed by atoms with Crippen molar-refractivity contribution in [2.75, 3.05) is 0 Å². The minimum atomic E-state index is 0.428. The van der Waals surface area contributed by atoms with Crippen LogP contribution in [0.15, 0.2) is 24.3 Å². The molecule has 2 N–H and O–H groups in total. The molecule has 0 fully saturated rings. The molecule has 0 heterocycles. The van der Waals surface area contributed by atoms with Crippen molar-refractivity contribution in [1.29, 1.82) is 0 Å². The fourth-order valence-corrected chi connectivity index (χ4v) is 7.11. The van der Waals surface area contributed by atoms with Crippen LogP contribution in [0.25, 0.3) is 11.1 Å². The van der Waals surface area contributed by atoms with Crippen molar-refractivity contribution < 1.29 is 10.2 Å². The maximum Gasteiger partial charge on any atom is 0.122 e. The molecule has 0 unspecified atom stereocenters. The van der Waals surface area contributed by atoms with E-state index in [1.165, 1.54) is 132 Å². The molecule has 0 saturated carbocycles. The first-order valence-electron chi connectivity index (χ1n) is 20.0. The summed E-state index contributed by atoms with van der Waals surface area (Å²) < 4.78 is 0. The van der Waals surface area contributed by atoms with Crippen molar-refractivity contribution in [2.45, 2.75) is 196 Å². The Hall–Kier alpha value is -1.96. The zero-order chi connectivity index (χ0) is 33.6. The van der Waals surface area contributed by atoms with Crippen molar-refractivity contribution in [3.63, 3.8) is 0 Å². The molecule has 0 bridgehead atoms. The molecule has 0 atom stereocenters. The van der Waals surface area contributed by atoms with Crippen LogP contribution in [-0.4, -0.2) is 10.2 Å². The number of hydrogen-bond donors (Lipinski definition) is 2. The van der Waals surface area contributed by atoms with E-state index in [-0.39, 0.29) is 0 Å². The molecule has 0 aliphatic heterocycles. The summed E-state index contributed by atoms with van der Waals surface area (Å²) >= 11 is 0. The summed E-state index contributed by atoms with van der Waals surface area (Å²) in [5.74, 6) is 1.95. The lowest BCUT2D eigenvalue weighted by atomic mass is 9.83. The third kappa shape index (κ3) is 15.8. The third-order valence-electron chi connectivity index (χ3n) is 9.81. The van der Waals surface area contributed by atoms with Gasteiger partial charge in [-0.1, -0.05) is 163 Å². The Kier molecular flexibility index (Phi) is 21.2. The molecular weight excluding hydrogens is 560 g/mol. The van der Waals surface area contributed by atoms with Crippen LogP contribution in [0, 0.1) is 11.8 Å². The molecule has 2 aromatic carbocycles. The van der Waals surface area contributed by atoms with E-state index in [0.717, 1.165) is 55.2 Å². The monoisotopic (exact) mass is 635 g/mol. The average Bonchev–Trinajstić information content (AvgIpc) is 3.02. The summed E-state index contributed by atoms with van der Waals surface area (Å²) in [6.45, 7) is 13.7. The maximum absolute atomic E-state index is 11.7. The minimum absolute atomic E-state index is 0.428. The lowest BCUT2D eigenvalue weighted by molar-refractivity contribution is 0.451. The second kappa shape index (κ2) is 24.2. The van der Waals surface area contributed by atoms with Crippen LogP contribution in [0.4, 0.5) is 0 Å². The zero-order valence-corrected chi connectivity index (χ0v) is 31.3. The number of hydrogen-bond acceptors (Lipinski definition) is 2. The molecule has 262 valence electrons. The Morgan fingerprint density at radius 1 is 0.478 bits per heavy atom. The van der Waals surface area contributed by atoms with Crippen LogP contribution in [0.2, 0.25) is 0 Å². The molecule has 0 radical (unpaired) electrons. The fraction of sp³-hybridized carbons (Fsp3) is 0.727. The van der Waals surface area contributed by atoms with Crippen molar-refractivity contribution in [3.8, 4) is 22.6 Å². The second-order valence-corrected chi connectivity index (χ2v) is 15.3. The molecule has 46 heavy (non-hydrogen) atoms. The number of phenols is 2. The van der Waals surface area contributed by atoms with E-state index >= 15 is 0 Å².